The molecule has 0 bridgehead atoms. The van der Waals surface area contributed by atoms with E-state index < -0.39 is 9.84 Å². The lowest BCUT2D eigenvalue weighted by Crippen LogP contribution is -2.27. The lowest BCUT2D eigenvalue weighted by Gasteiger charge is -2.25. The summed E-state index contributed by atoms with van der Waals surface area (Å²) < 4.78 is 21.9. The van der Waals surface area contributed by atoms with Crippen LogP contribution >= 0.6 is 0 Å². The Kier molecular flexibility index (Phi) is 5.67. The third-order valence-electron chi connectivity index (χ3n) is 3.19. The molecule has 0 spiro atoms. The van der Waals surface area contributed by atoms with Crippen molar-refractivity contribution in [2.24, 2.45) is 11.8 Å². The van der Waals surface area contributed by atoms with Crippen molar-refractivity contribution in [2.45, 2.75) is 33.1 Å². The number of allylic oxidation sites excluding steroid dienone is 2. The Labute approximate surface area is 106 Å². The quantitative estimate of drug-likeness (QED) is 0.586. The van der Waals surface area contributed by atoms with Gasteiger partial charge in [0.25, 0.3) is 0 Å². The highest BCUT2D eigenvalue weighted by atomic mass is 32.2. The van der Waals surface area contributed by atoms with Crippen molar-refractivity contribution in [3.05, 3.63) is 11.6 Å². The minimum absolute atomic E-state index is 0.292. The van der Waals surface area contributed by atoms with Gasteiger partial charge in [-0.1, -0.05) is 18.6 Å². The van der Waals surface area contributed by atoms with Crippen molar-refractivity contribution in [3.63, 3.8) is 0 Å². The van der Waals surface area contributed by atoms with Crippen LogP contribution in [0, 0.1) is 11.8 Å². The summed E-state index contributed by atoms with van der Waals surface area (Å²) in [6.45, 7) is 6.28. The summed E-state index contributed by atoms with van der Waals surface area (Å²) in [5.41, 5.74) is 1.49. The summed E-state index contributed by atoms with van der Waals surface area (Å²) in [4.78, 5) is 0. The van der Waals surface area contributed by atoms with E-state index in [9.17, 15) is 8.42 Å². The molecule has 0 saturated heterocycles. The highest BCUT2D eigenvalue weighted by Gasteiger charge is 2.17. The Bertz CT molecular complexity index is 360. The van der Waals surface area contributed by atoms with Gasteiger partial charge in [0.1, 0.15) is 9.84 Å². The summed E-state index contributed by atoms with van der Waals surface area (Å²) in [5.74, 6) is 1.69. The molecule has 0 saturated carbocycles. The largest absolute Gasteiger partial charge is 0.316 e. The molecule has 100 valence electrons. The summed E-state index contributed by atoms with van der Waals surface area (Å²) in [6.07, 6.45) is 6.81. The normalized spacial score (nSPS) is 25.7. The molecule has 0 fully saturated rings. The first-order chi connectivity index (χ1) is 7.87. The Morgan fingerprint density at radius 1 is 1.47 bits per heavy atom. The van der Waals surface area contributed by atoms with Crippen molar-refractivity contribution in [1.82, 2.24) is 5.32 Å². The minimum atomic E-state index is -2.80. The van der Waals surface area contributed by atoms with Crippen molar-refractivity contribution in [3.8, 4) is 0 Å². The van der Waals surface area contributed by atoms with E-state index in [0.29, 0.717) is 17.6 Å². The number of hydrogen-bond donors (Lipinski definition) is 1. The van der Waals surface area contributed by atoms with Crippen molar-refractivity contribution >= 4 is 9.84 Å². The van der Waals surface area contributed by atoms with Crippen molar-refractivity contribution in [1.29, 1.82) is 0 Å². The average Bonchev–Trinajstić information content (AvgIpc) is 2.13. The van der Waals surface area contributed by atoms with Crippen LogP contribution in [0.3, 0.4) is 0 Å². The molecule has 1 N–H and O–H groups in total. The van der Waals surface area contributed by atoms with E-state index in [1.807, 2.05) is 0 Å². The van der Waals surface area contributed by atoms with Gasteiger partial charge in [0.05, 0.1) is 5.75 Å². The first kappa shape index (κ1) is 14.7. The standard InChI is InChI=1S/C13H25NO2S/c1-11-7-12(2)9-13(8-11)10-14-5-4-6-17(3,15)16/h7,11,13-14H,4-6,8-10H2,1-3H3. The summed E-state index contributed by atoms with van der Waals surface area (Å²) in [6, 6.07) is 0. The van der Waals surface area contributed by atoms with Gasteiger partial charge in [0, 0.05) is 6.26 Å². The SMILES string of the molecule is CC1=CC(C)CC(CNCCCS(C)(=O)=O)C1. The van der Waals surface area contributed by atoms with E-state index >= 15 is 0 Å². The maximum Gasteiger partial charge on any atom is 0.147 e. The number of rotatable bonds is 6. The first-order valence-electron chi connectivity index (χ1n) is 6.42. The molecule has 0 aromatic rings. The first-order valence-corrected chi connectivity index (χ1v) is 8.48. The van der Waals surface area contributed by atoms with Crippen molar-refractivity contribution < 1.29 is 8.42 Å². The molecular formula is C13H25NO2S. The van der Waals surface area contributed by atoms with Gasteiger partial charge < -0.3 is 5.32 Å². The number of hydrogen-bond acceptors (Lipinski definition) is 3. The summed E-state index contributed by atoms with van der Waals surface area (Å²) in [7, 11) is -2.80. The van der Waals surface area contributed by atoms with Crippen LogP contribution in [0.25, 0.3) is 0 Å². The molecule has 0 aromatic carbocycles. The summed E-state index contributed by atoms with van der Waals surface area (Å²) >= 11 is 0. The second-order valence-corrected chi connectivity index (χ2v) is 7.74. The minimum Gasteiger partial charge on any atom is -0.316 e. The van der Waals surface area contributed by atoms with Crippen LogP contribution in [0.15, 0.2) is 11.6 Å². The van der Waals surface area contributed by atoms with E-state index in [0.717, 1.165) is 19.5 Å². The zero-order chi connectivity index (χ0) is 12.9. The van der Waals surface area contributed by atoms with Crippen LogP contribution in [0.5, 0.6) is 0 Å². The molecule has 4 heteroatoms. The Hall–Kier alpha value is -0.350. The zero-order valence-corrected chi connectivity index (χ0v) is 12.0. The third kappa shape index (κ3) is 6.84. The van der Waals surface area contributed by atoms with Crippen LogP contribution in [0.1, 0.15) is 33.1 Å². The van der Waals surface area contributed by atoms with Gasteiger partial charge >= 0.3 is 0 Å². The van der Waals surface area contributed by atoms with Crippen LogP contribution < -0.4 is 5.32 Å². The van der Waals surface area contributed by atoms with Gasteiger partial charge in [-0.3, -0.25) is 0 Å². The van der Waals surface area contributed by atoms with E-state index in [1.54, 1.807) is 0 Å². The monoisotopic (exact) mass is 259 g/mol. The highest BCUT2D eigenvalue weighted by Crippen LogP contribution is 2.27. The van der Waals surface area contributed by atoms with Gasteiger partial charge in [-0.15, -0.1) is 0 Å². The maximum atomic E-state index is 10.9. The molecule has 1 aliphatic carbocycles. The van der Waals surface area contributed by atoms with Crippen LogP contribution in [0.2, 0.25) is 0 Å². The Morgan fingerprint density at radius 3 is 2.76 bits per heavy atom. The van der Waals surface area contributed by atoms with Crippen LogP contribution in [0.4, 0.5) is 0 Å². The fourth-order valence-electron chi connectivity index (χ4n) is 2.61. The molecule has 0 aliphatic heterocycles. The second kappa shape index (κ2) is 6.55. The lowest BCUT2D eigenvalue weighted by atomic mass is 9.84. The zero-order valence-electron chi connectivity index (χ0n) is 11.2. The Morgan fingerprint density at radius 2 is 2.18 bits per heavy atom. The van der Waals surface area contributed by atoms with E-state index in [-0.39, 0.29) is 0 Å². The maximum absolute atomic E-state index is 10.9. The van der Waals surface area contributed by atoms with Gasteiger partial charge in [-0.25, -0.2) is 8.42 Å². The fraction of sp³-hybridized carbons (Fsp3) is 0.846. The number of nitrogens with one attached hydrogen (secondary N) is 1. The van der Waals surface area contributed by atoms with Gasteiger partial charge in [0.2, 0.25) is 0 Å². The smallest absolute Gasteiger partial charge is 0.147 e. The topological polar surface area (TPSA) is 46.2 Å². The molecule has 2 atom stereocenters. The van der Waals surface area contributed by atoms with Gasteiger partial charge in [-0.2, -0.15) is 0 Å². The van der Waals surface area contributed by atoms with Crippen molar-refractivity contribution in [2.75, 3.05) is 25.1 Å². The molecule has 2 unspecified atom stereocenters. The average molecular weight is 259 g/mol. The molecule has 0 radical (unpaired) electrons. The molecule has 1 rings (SSSR count). The van der Waals surface area contributed by atoms with E-state index in [1.165, 1.54) is 24.7 Å². The van der Waals surface area contributed by atoms with Gasteiger partial charge in [-0.05, 0) is 51.1 Å². The molecule has 3 nitrogen and oxygen atoms in total. The predicted octanol–water partition coefficient (Wildman–Crippen LogP) is 2.00. The third-order valence-corrected chi connectivity index (χ3v) is 4.22. The second-order valence-electron chi connectivity index (χ2n) is 5.48. The summed E-state index contributed by atoms with van der Waals surface area (Å²) in [5, 5.41) is 3.38. The molecule has 0 amide bonds. The van der Waals surface area contributed by atoms with Gasteiger partial charge in [0.15, 0.2) is 0 Å². The van der Waals surface area contributed by atoms with Crippen LogP contribution in [-0.2, 0) is 9.84 Å². The van der Waals surface area contributed by atoms with Crippen LogP contribution in [-0.4, -0.2) is 33.5 Å². The lowest BCUT2D eigenvalue weighted by molar-refractivity contribution is 0.382. The molecule has 17 heavy (non-hydrogen) atoms. The van der Waals surface area contributed by atoms with E-state index in [4.69, 9.17) is 0 Å². The number of sulfone groups is 1. The molecule has 0 aromatic heterocycles. The molecule has 0 heterocycles. The molecule has 1 aliphatic rings. The van der Waals surface area contributed by atoms with E-state index in [2.05, 4.69) is 25.2 Å². The molecular weight excluding hydrogens is 234 g/mol. The highest BCUT2D eigenvalue weighted by molar-refractivity contribution is 7.90. The predicted molar refractivity (Wildman–Crippen MR) is 72.8 cm³/mol. The Balaban J connectivity index is 2.14. The fourth-order valence-corrected chi connectivity index (χ4v) is 3.28.